The predicted molar refractivity (Wildman–Crippen MR) is 74.8 cm³/mol. The molecule has 1 aromatic carbocycles. The first-order chi connectivity index (χ1) is 8.14. The van der Waals surface area contributed by atoms with Crippen LogP contribution in [-0.2, 0) is 9.31 Å². The molecule has 2 rings (SSSR count). The normalized spacial score (nSPS) is 21.4. The standard InChI is InChI=1S/C12H14BBrClFO2/c1-11(2)12(3,4)18-13(17-11)8-5-7(15)6-9(14)10(8)16/h5-6H,1-4H3. The van der Waals surface area contributed by atoms with Crippen LogP contribution in [0, 0.1) is 5.82 Å². The molecule has 0 radical (unpaired) electrons. The van der Waals surface area contributed by atoms with Gasteiger partial charge in [-0.25, -0.2) is 4.39 Å². The van der Waals surface area contributed by atoms with Crippen molar-refractivity contribution in [1.82, 2.24) is 0 Å². The summed E-state index contributed by atoms with van der Waals surface area (Å²) in [7, 11) is -0.745. The molecule has 1 fully saturated rings. The third-order valence-electron chi connectivity index (χ3n) is 3.53. The molecule has 98 valence electrons. The van der Waals surface area contributed by atoms with Crippen molar-refractivity contribution in [1.29, 1.82) is 0 Å². The second-order valence-corrected chi connectivity index (χ2v) is 6.67. The molecule has 1 aliphatic rings. The molecule has 2 nitrogen and oxygen atoms in total. The van der Waals surface area contributed by atoms with Crippen LogP contribution in [0.3, 0.4) is 0 Å². The Morgan fingerprint density at radius 3 is 2.17 bits per heavy atom. The molecule has 0 spiro atoms. The van der Waals surface area contributed by atoms with E-state index in [1.807, 2.05) is 27.7 Å². The summed E-state index contributed by atoms with van der Waals surface area (Å²) < 4.78 is 26.0. The molecule has 1 aliphatic heterocycles. The Balaban J connectivity index is 2.41. The van der Waals surface area contributed by atoms with Crippen LogP contribution in [0.4, 0.5) is 4.39 Å². The van der Waals surface area contributed by atoms with Crippen molar-refractivity contribution in [2.75, 3.05) is 0 Å². The number of rotatable bonds is 1. The van der Waals surface area contributed by atoms with Crippen molar-refractivity contribution in [3.05, 3.63) is 27.4 Å². The third kappa shape index (κ3) is 2.33. The van der Waals surface area contributed by atoms with E-state index >= 15 is 0 Å². The van der Waals surface area contributed by atoms with Crippen LogP contribution in [0.25, 0.3) is 0 Å². The number of halogens is 3. The van der Waals surface area contributed by atoms with Crippen LogP contribution >= 0.6 is 27.5 Å². The molecule has 1 heterocycles. The van der Waals surface area contributed by atoms with E-state index in [1.54, 1.807) is 0 Å². The quantitative estimate of drug-likeness (QED) is 0.577. The van der Waals surface area contributed by atoms with Gasteiger partial charge in [0.05, 0.1) is 15.7 Å². The van der Waals surface area contributed by atoms with Crippen LogP contribution in [0.5, 0.6) is 0 Å². The molecular formula is C12H14BBrClFO2. The van der Waals surface area contributed by atoms with Gasteiger partial charge in [0.15, 0.2) is 0 Å². The fourth-order valence-corrected chi connectivity index (χ4v) is 2.55. The van der Waals surface area contributed by atoms with Crippen LogP contribution in [0.15, 0.2) is 16.6 Å². The van der Waals surface area contributed by atoms with Crippen molar-refractivity contribution in [3.8, 4) is 0 Å². The lowest BCUT2D eigenvalue weighted by Gasteiger charge is -2.32. The Hall–Kier alpha value is -0.0951. The van der Waals surface area contributed by atoms with Gasteiger partial charge >= 0.3 is 7.12 Å². The van der Waals surface area contributed by atoms with Crippen LogP contribution in [0.2, 0.25) is 5.02 Å². The number of hydrogen-bond acceptors (Lipinski definition) is 2. The highest BCUT2D eigenvalue weighted by molar-refractivity contribution is 9.10. The van der Waals surface area contributed by atoms with Gasteiger partial charge in [0, 0.05) is 10.5 Å². The molecular weight excluding hydrogens is 321 g/mol. The van der Waals surface area contributed by atoms with E-state index in [1.165, 1.54) is 12.1 Å². The van der Waals surface area contributed by atoms with Gasteiger partial charge in [-0.05, 0) is 55.8 Å². The lowest BCUT2D eigenvalue weighted by atomic mass is 9.79. The van der Waals surface area contributed by atoms with Crippen LogP contribution in [-0.4, -0.2) is 18.3 Å². The van der Waals surface area contributed by atoms with E-state index in [-0.39, 0.29) is 0 Å². The highest BCUT2D eigenvalue weighted by Crippen LogP contribution is 2.37. The minimum absolute atomic E-state index is 0.305. The van der Waals surface area contributed by atoms with E-state index in [4.69, 9.17) is 20.9 Å². The van der Waals surface area contributed by atoms with Crippen LogP contribution in [0.1, 0.15) is 27.7 Å². The fraction of sp³-hybridized carbons (Fsp3) is 0.500. The summed E-state index contributed by atoms with van der Waals surface area (Å²) in [6.45, 7) is 7.68. The zero-order valence-corrected chi connectivity index (χ0v) is 13.0. The lowest BCUT2D eigenvalue weighted by Crippen LogP contribution is -2.41. The fourth-order valence-electron chi connectivity index (χ4n) is 1.72. The first-order valence-corrected chi connectivity index (χ1v) is 6.81. The van der Waals surface area contributed by atoms with Gasteiger partial charge in [0.1, 0.15) is 5.82 Å². The van der Waals surface area contributed by atoms with Gasteiger partial charge in [0.2, 0.25) is 0 Å². The molecule has 0 bridgehead atoms. The molecule has 18 heavy (non-hydrogen) atoms. The van der Waals surface area contributed by atoms with Gasteiger partial charge in [-0.2, -0.15) is 0 Å². The smallest absolute Gasteiger partial charge is 0.399 e. The summed E-state index contributed by atoms with van der Waals surface area (Å²) in [4.78, 5) is 0. The van der Waals surface area contributed by atoms with Crippen molar-refractivity contribution < 1.29 is 13.7 Å². The van der Waals surface area contributed by atoms with E-state index in [0.717, 1.165) is 0 Å². The van der Waals surface area contributed by atoms with Gasteiger partial charge in [-0.3, -0.25) is 0 Å². The zero-order valence-electron chi connectivity index (χ0n) is 10.7. The Morgan fingerprint density at radius 2 is 1.67 bits per heavy atom. The van der Waals surface area contributed by atoms with Crippen molar-refractivity contribution in [3.63, 3.8) is 0 Å². The first-order valence-electron chi connectivity index (χ1n) is 5.64. The Kier molecular flexibility index (Phi) is 3.56. The van der Waals surface area contributed by atoms with E-state index in [0.29, 0.717) is 15.0 Å². The third-order valence-corrected chi connectivity index (χ3v) is 4.32. The second kappa shape index (κ2) is 4.48. The van der Waals surface area contributed by atoms with E-state index in [9.17, 15) is 4.39 Å². The minimum atomic E-state index is -0.745. The summed E-state index contributed by atoms with van der Waals surface area (Å²) >= 11 is 9.07. The molecule has 0 amide bonds. The minimum Gasteiger partial charge on any atom is -0.399 e. The van der Waals surface area contributed by atoms with Crippen molar-refractivity contribution in [2.45, 2.75) is 38.9 Å². The van der Waals surface area contributed by atoms with E-state index < -0.39 is 24.1 Å². The maximum atomic E-state index is 14.1. The molecule has 0 aromatic heterocycles. The second-order valence-electron chi connectivity index (χ2n) is 5.38. The Bertz CT molecular complexity index is 477. The SMILES string of the molecule is CC1(C)OB(c2cc(Cl)cc(Br)c2F)OC1(C)C. The largest absolute Gasteiger partial charge is 0.497 e. The summed E-state index contributed by atoms with van der Waals surface area (Å²) in [6.07, 6.45) is 0. The topological polar surface area (TPSA) is 18.5 Å². The zero-order chi connectivity index (χ0) is 13.7. The van der Waals surface area contributed by atoms with Gasteiger partial charge < -0.3 is 9.31 Å². The first kappa shape index (κ1) is 14.3. The number of benzene rings is 1. The maximum absolute atomic E-state index is 14.1. The Morgan fingerprint density at radius 1 is 1.17 bits per heavy atom. The summed E-state index contributed by atoms with van der Waals surface area (Å²) in [5.41, 5.74) is -0.689. The molecule has 0 saturated carbocycles. The maximum Gasteiger partial charge on any atom is 0.497 e. The molecule has 1 aromatic rings. The monoisotopic (exact) mass is 334 g/mol. The average Bonchev–Trinajstić information content (AvgIpc) is 2.42. The van der Waals surface area contributed by atoms with Gasteiger partial charge in [0.25, 0.3) is 0 Å². The highest BCUT2D eigenvalue weighted by Gasteiger charge is 2.52. The molecule has 0 N–H and O–H groups in total. The Labute approximate surface area is 120 Å². The van der Waals surface area contributed by atoms with Crippen LogP contribution < -0.4 is 5.46 Å². The van der Waals surface area contributed by atoms with E-state index in [2.05, 4.69) is 15.9 Å². The molecule has 0 aliphatic carbocycles. The summed E-state index contributed by atoms with van der Waals surface area (Å²) in [5.74, 6) is -0.405. The predicted octanol–water partition coefficient (Wildman–Crippen LogP) is 3.54. The average molecular weight is 335 g/mol. The van der Waals surface area contributed by atoms with Crippen molar-refractivity contribution in [2.24, 2.45) is 0 Å². The highest BCUT2D eigenvalue weighted by atomic mass is 79.9. The lowest BCUT2D eigenvalue weighted by molar-refractivity contribution is 0.00578. The van der Waals surface area contributed by atoms with Gasteiger partial charge in [-0.1, -0.05) is 11.6 Å². The van der Waals surface area contributed by atoms with Gasteiger partial charge in [-0.15, -0.1) is 0 Å². The number of hydrogen-bond donors (Lipinski definition) is 0. The summed E-state index contributed by atoms with van der Waals surface area (Å²) in [6, 6.07) is 3.04. The molecule has 0 unspecified atom stereocenters. The molecule has 6 heteroatoms. The molecule has 0 atom stereocenters. The molecule has 1 saturated heterocycles. The van der Waals surface area contributed by atoms with Crippen molar-refractivity contribution >= 4 is 40.1 Å². The summed E-state index contributed by atoms with van der Waals surface area (Å²) in [5, 5.41) is 0.438.